The van der Waals surface area contributed by atoms with E-state index in [1.165, 1.54) is 12.1 Å². The molecule has 32 heavy (non-hydrogen) atoms. The predicted octanol–water partition coefficient (Wildman–Crippen LogP) is 5.96. The van der Waals surface area contributed by atoms with Gasteiger partial charge in [0.2, 0.25) is 10.0 Å². The summed E-state index contributed by atoms with van der Waals surface area (Å²) in [6.45, 7) is 5.11. The Kier molecular flexibility index (Phi) is 6.18. The van der Waals surface area contributed by atoms with Crippen LogP contribution in [0.4, 0.5) is 24.5 Å². The number of anilines is 2. The van der Waals surface area contributed by atoms with E-state index in [2.05, 4.69) is 9.62 Å². The first-order valence-corrected chi connectivity index (χ1v) is 12.7. The minimum atomic E-state index is -4.34. The molecule has 2 aromatic rings. The molecule has 4 nitrogen and oxygen atoms in total. The Morgan fingerprint density at radius 3 is 2.34 bits per heavy atom. The molecule has 1 aliphatic carbocycles. The Morgan fingerprint density at radius 2 is 1.72 bits per heavy atom. The van der Waals surface area contributed by atoms with E-state index in [-0.39, 0.29) is 5.25 Å². The van der Waals surface area contributed by atoms with Crippen LogP contribution in [0.1, 0.15) is 59.9 Å². The van der Waals surface area contributed by atoms with Gasteiger partial charge in [-0.2, -0.15) is 13.2 Å². The van der Waals surface area contributed by atoms with Gasteiger partial charge < -0.3 is 4.90 Å². The maximum absolute atomic E-state index is 13.0. The molecule has 174 valence electrons. The van der Waals surface area contributed by atoms with Crippen LogP contribution < -0.4 is 9.62 Å². The van der Waals surface area contributed by atoms with E-state index in [1.54, 1.807) is 0 Å². The number of nitrogens with zero attached hydrogens (tertiary/aromatic N) is 1. The van der Waals surface area contributed by atoms with Gasteiger partial charge in [-0.3, -0.25) is 4.72 Å². The lowest BCUT2D eigenvalue weighted by atomic mass is 10.0. The van der Waals surface area contributed by atoms with Crippen molar-refractivity contribution in [3.63, 3.8) is 0 Å². The molecular formula is C24H29F3N2O2S. The molecule has 1 fully saturated rings. The molecular weight excluding hydrogens is 437 g/mol. The average molecular weight is 467 g/mol. The van der Waals surface area contributed by atoms with Gasteiger partial charge in [-0.1, -0.05) is 31.4 Å². The second kappa shape index (κ2) is 8.61. The molecule has 8 heteroatoms. The standard InChI is InChI=1S/C24H29F3N2O2S/c1-16-14-22-21(17(2)23(16)28-32(30,31)20-6-4-3-5-7-20)12-13-29(22)15-18-8-10-19(11-9-18)24(25,26)27/h8-11,14,20,28H,3-7,12-13,15H2,1-2H3. The Hall–Kier alpha value is -2.22. The number of sulfonamides is 1. The quantitative estimate of drug-likeness (QED) is 0.592. The number of halogens is 3. The maximum atomic E-state index is 13.0. The zero-order valence-electron chi connectivity index (χ0n) is 18.4. The van der Waals surface area contributed by atoms with Crippen LogP contribution in [-0.4, -0.2) is 20.2 Å². The molecule has 2 aliphatic rings. The number of alkyl halides is 3. The van der Waals surface area contributed by atoms with Gasteiger partial charge in [0.25, 0.3) is 0 Å². The average Bonchev–Trinajstić information content (AvgIpc) is 3.14. The van der Waals surface area contributed by atoms with Gasteiger partial charge >= 0.3 is 6.18 Å². The molecule has 0 spiro atoms. The monoisotopic (exact) mass is 466 g/mol. The molecule has 2 aromatic carbocycles. The van der Waals surface area contributed by atoms with Gasteiger partial charge in [0.05, 0.1) is 16.5 Å². The normalized spacial score (nSPS) is 17.5. The minimum absolute atomic E-state index is 0.334. The maximum Gasteiger partial charge on any atom is 0.416 e. The smallest absolute Gasteiger partial charge is 0.367 e. The molecule has 1 heterocycles. The molecule has 0 bridgehead atoms. The number of aryl methyl sites for hydroxylation is 1. The van der Waals surface area contributed by atoms with Crippen molar-refractivity contribution in [2.24, 2.45) is 0 Å². The van der Waals surface area contributed by atoms with E-state index < -0.39 is 21.8 Å². The summed E-state index contributed by atoms with van der Waals surface area (Å²) in [6.07, 6.45) is 0.851. The van der Waals surface area contributed by atoms with Crippen LogP contribution in [0.15, 0.2) is 30.3 Å². The summed E-state index contributed by atoms with van der Waals surface area (Å²) in [6, 6.07) is 7.27. The van der Waals surface area contributed by atoms with E-state index >= 15 is 0 Å². The topological polar surface area (TPSA) is 49.4 Å². The lowest BCUT2D eigenvalue weighted by Gasteiger charge is -2.25. The highest BCUT2D eigenvalue weighted by atomic mass is 32.2. The predicted molar refractivity (Wildman–Crippen MR) is 122 cm³/mol. The Bertz CT molecular complexity index is 1090. The van der Waals surface area contributed by atoms with Crippen molar-refractivity contribution in [2.45, 2.75) is 70.3 Å². The number of rotatable bonds is 5. The van der Waals surface area contributed by atoms with Crippen molar-refractivity contribution in [1.29, 1.82) is 0 Å². The molecule has 0 radical (unpaired) electrons. The highest BCUT2D eigenvalue weighted by molar-refractivity contribution is 7.93. The van der Waals surface area contributed by atoms with E-state index in [1.807, 2.05) is 19.9 Å². The molecule has 0 saturated heterocycles. The lowest BCUT2D eigenvalue weighted by molar-refractivity contribution is -0.137. The third-order valence-electron chi connectivity index (χ3n) is 6.75. The van der Waals surface area contributed by atoms with E-state index in [0.717, 1.165) is 72.3 Å². The van der Waals surface area contributed by atoms with Gasteiger partial charge in [-0.15, -0.1) is 0 Å². The third-order valence-corrected chi connectivity index (χ3v) is 8.58. The molecule has 4 rings (SSSR count). The fraction of sp³-hybridized carbons (Fsp3) is 0.500. The van der Waals surface area contributed by atoms with Crippen LogP contribution >= 0.6 is 0 Å². The second-order valence-corrected chi connectivity index (χ2v) is 10.9. The molecule has 1 saturated carbocycles. The van der Waals surface area contributed by atoms with Crippen LogP contribution in [0.25, 0.3) is 0 Å². The number of hydrogen-bond acceptors (Lipinski definition) is 3. The third kappa shape index (κ3) is 4.60. The van der Waals surface area contributed by atoms with Crippen LogP contribution in [0.3, 0.4) is 0 Å². The summed E-state index contributed by atoms with van der Waals surface area (Å²) in [7, 11) is -3.43. The Morgan fingerprint density at radius 1 is 1.06 bits per heavy atom. The van der Waals surface area contributed by atoms with Crippen molar-refractivity contribution in [3.05, 3.63) is 58.1 Å². The molecule has 0 amide bonds. The van der Waals surface area contributed by atoms with Crippen molar-refractivity contribution in [1.82, 2.24) is 0 Å². The van der Waals surface area contributed by atoms with Gasteiger partial charge in [-0.05, 0) is 73.6 Å². The fourth-order valence-electron chi connectivity index (χ4n) is 4.91. The zero-order chi connectivity index (χ0) is 23.1. The first-order chi connectivity index (χ1) is 15.1. The first-order valence-electron chi connectivity index (χ1n) is 11.1. The van der Waals surface area contributed by atoms with Gasteiger partial charge in [0.15, 0.2) is 0 Å². The van der Waals surface area contributed by atoms with Crippen molar-refractivity contribution >= 4 is 21.4 Å². The van der Waals surface area contributed by atoms with Gasteiger partial charge in [0.1, 0.15) is 0 Å². The summed E-state index contributed by atoms with van der Waals surface area (Å²) in [5, 5.41) is -0.334. The highest BCUT2D eigenvalue weighted by Crippen LogP contribution is 2.39. The molecule has 0 atom stereocenters. The summed E-state index contributed by atoms with van der Waals surface area (Å²) < 4.78 is 67.3. The van der Waals surface area contributed by atoms with Crippen molar-refractivity contribution < 1.29 is 21.6 Å². The van der Waals surface area contributed by atoms with Crippen molar-refractivity contribution in [2.75, 3.05) is 16.2 Å². The lowest BCUT2D eigenvalue weighted by Crippen LogP contribution is -2.30. The Labute approximate surface area is 187 Å². The van der Waals surface area contributed by atoms with Gasteiger partial charge in [0, 0.05) is 18.8 Å². The summed E-state index contributed by atoms with van der Waals surface area (Å²) in [5.41, 5.74) is 4.76. The first kappa shape index (κ1) is 23.0. The van der Waals surface area contributed by atoms with Crippen LogP contribution in [-0.2, 0) is 29.2 Å². The van der Waals surface area contributed by atoms with E-state index in [9.17, 15) is 21.6 Å². The van der Waals surface area contributed by atoms with Crippen LogP contribution in [0.2, 0.25) is 0 Å². The molecule has 1 aliphatic heterocycles. The summed E-state index contributed by atoms with van der Waals surface area (Å²) in [5.74, 6) is 0. The van der Waals surface area contributed by atoms with E-state index in [0.29, 0.717) is 25.1 Å². The van der Waals surface area contributed by atoms with Crippen LogP contribution in [0, 0.1) is 13.8 Å². The highest BCUT2D eigenvalue weighted by Gasteiger charge is 2.31. The summed E-state index contributed by atoms with van der Waals surface area (Å²) >= 11 is 0. The summed E-state index contributed by atoms with van der Waals surface area (Å²) in [4.78, 5) is 2.15. The molecule has 0 unspecified atom stereocenters. The number of benzene rings is 2. The Balaban J connectivity index is 1.55. The van der Waals surface area contributed by atoms with Crippen LogP contribution in [0.5, 0.6) is 0 Å². The number of fused-ring (bicyclic) bond motifs is 1. The minimum Gasteiger partial charge on any atom is -0.367 e. The largest absolute Gasteiger partial charge is 0.416 e. The number of nitrogens with one attached hydrogen (secondary N) is 1. The van der Waals surface area contributed by atoms with Crippen molar-refractivity contribution in [3.8, 4) is 0 Å². The second-order valence-electron chi connectivity index (χ2n) is 8.96. The number of hydrogen-bond donors (Lipinski definition) is 1. The van der Waals surface area contributed by atoms with E-state index in [4.69, 9.17) is 0 Å². The molecule has 1 N–H and O–H groups in total. The van der Waals surface area contributed by atoms with Gasteiger partial charge in [-0.25, -0.2) is 8.42 Å². The zero-order valence-corrected chi connectivity index (χ0v) is 19.2. The fourth-order valence-corrected chi connectivity index (χ4v) is 6.63. The SMILES string of the molecule is Cc1cc2c(c(C)c1NS(=O)(=O)C1CCCCC1)CCN2Cc1ccc(C(F)(F)F)cc1. The molecule has 0 aromatic heterocycles.